The number of ether oxygens (including phenoxy) is 5. The van der Waals surface area contributed by atoms with Crippen molar-refractivity contribution >= 4 is 5.97 Å². The summed E-state index contributed by atoms with van der Waals surface area (Å²) >= 11 is 0. The first-order valence-corrected chi connectivity index (χ1v) is 11.4. The number of cyclic esters (lactones) is 1. The number of rotatable bonds is 4. The molecule has 33 heavy (non-hydrogen) atoms. The van der Waals surface area contributed by atoms with Crippen LogP contribution in [0, 0.1) is 11.8 Å². The molecule has 0 bridgehead atoms. The highest BCUT2D eigenvalue weighted by atomic mass is 16.8. The molecule has 3 aliphatic heterocycles. The predicted octanol–water partition coefficient (Wildman–Crippen LogP) is 2.05. The largest absolute Gasteiger partial charge is 0.505 e. The quantitative estimate of drug-likeness (QED) is 0.654. The third kappa shape index (κ3) is 2.73. The van der Waals surface area contributed by atoms with Crippen LogP contribution >= 0.6 is 0 Å². The maximum absolute atomic E-state index is 11.7. The fraction of sp³-hybridized carbons (Fsp3) is 0.625. The number of hydrogen-bond acceptors (Lipinski definition) is 9. The van der Waals surface area contributed by atoms with Crippen molar-refractivity contribution in [3.63, 3.8) is 0 Å². The van der Waals surface area contributed by atoms with Crippen LogP contribution in [-0.4, -0.2) is 79.5 Å². The Morgan fingerprint density at radius 1 is 1.15 bits per heavy atom. The second-order valence-corrected chi connectivity index (χ2v) is 9.85. The van der Waals surface area contributed by atoms with E-state index in [1.54, 1.807) is 14.2 Å². The number of aliphatic hydroxyl groups excluding tert-OH is 2. The minimum atomic E-state index is -1.03. The maximum atomic E-state index is 11.7. The first-order valence-electron chi connectivity index (χ1n) is 11.4. The molecular formula is C24H29NO8. The number of hydrogen-bond donors (Lipinski definition) is 2. The van der Waals surface area contributed by atoms with E-state index >= 15 is 0 Å². The van der Waals surface area contributed by atoms with Gasteiger partial charge in [0.15, 0.2) is 29.1 Å². The van der Waals surface area contributed by atoms with Gasteiger partial charge in [0.2, 0.25) is 5.76 Å². The van der Waals surface area contributed by atoms with Crippen molar-refractivity contribution < 1.29 is 38.7 Å². The van der Waals surface area contributed by atoms with Crippen molar-refractivity contribution in [2.75, 3.05) is 34.4 Å². The molecule has 2 N–H and O–H groups in total. The molecular weight excluding hydrogens is 430 g/mol. The number of esters is 1. The van der Waals surface area contributed by atoms with Crippen LogP contribution in [0.3, 0.4) is 0 Å². The number of benzene rings is 1. The molecule has 178 valence electrons. The second-order valence-electron chi connectivity index (χ2n) is 9.85. The van der Waals surface area contributed by atoms with Crippen molar-refractivity contribution in [3.05, 3.63) is 35.3 Å². The number of methoxy groups -OCH3 is 2. The van der Waals surface area contributed by atoms with Crippen LogP contribution in [0.2, 0.25) is 0 Å². The van der Waals surface area contributed by atoms with E-state index in [0.29, 0.717) is 18.1 Å². The molecule has 1 aromatic carbocycles. The van der Waals surface area contributed by atoms with Gasteiger partial charge >= 0.3 is 5.97 Å². The Labute approximate surface area is 191 Å². The lowest BCUT2D eigenvalue weighted by atomic mass is 9.64. The zero-order valence-corrected chi connectivity index (χ0v) is 18.9. The van der Waals surface area contributed by atoms with E-state index in [2.05, 4.69) is 24.1 Å². The van der Waals surface area contributed by atoms with Crippen LogP contribution in [0.1, 0.15) is 24.8 Å². The standard InChI is InChI=1S/C24H29NO8/c1-25-7-6-23(12-4-5-15(29-2)16(8-12)30-3)13-9-14(13)24(10-18(23)25)31-11-17(33-24)21-19(26)20(27)22(28)32-21/h4-5,8,13-14,17-18,21,26-27H,6-7,9-11H2,1-3H3/t13?,14-,17-,18-,21+,23-,24?/m0/s1. The summed E-state index contributed by atoms with van der Waals surface area (Å²) in [5.74, 6) is -0.924. The molecule has 1 aromatic rings. The van der Waals surface area contributed by atoms with Crippen LogP contribution in [0.4, 0.5) is 0 Å². The molecule has 0 radical (unpaired) electrons. The molecule has 3 heterocycles. The number of likely N-dealkylation sites (tertiary alicyclic amines) is 1. The summed E-state index contributed by atoms with van der Waals surface area (Å²) in [6.45, 7) is 1.16. The summed E-state index contributed by atoms with van der Waals surface area (Å²) in [6.07, 6.45) is 1.01. The van der Waals surface area contributed by atoms with Gasteiger partial charge in [0, 0.05) is 23.8 Å². The molecule has 0 aromatic heterocycles. The van der Waals surface area contributed by atoms with Gasteiger partial charge in [-0.25, -0.2) is 4.79 Å². The molecule has 5 aliphatic rings. The molecule has 2 aliphatic carbocycles. The van der Waals surface area contributed by atoms with E-state index in [1.807, 2.05) is 6.07 Å². The monoisotopic (exact) mass is 459 g/mol. The summed E-state index contributed by atoms with van der Waals surface area (Å²) in [5, 5.41) is 19.8. The molecule has 2 saturated carbocycles. The van der Waals surface area contributed by atoms with Gasteiger partial charge < -0.3 is 38.8 Å². The van der Waals surface area contributed by atoms with E-state index in [4.69, 9.17) is 23.7 Å². The molecule has 2 saturated heterocycles. The van der Waals surface area contributed by atoms with Crippen molar-refractivity contribution in [1.29, 1.82) is 0 Å². The number of nitrogens with zero attached hydrogens (tertiary/aromatic N) is 1. The van der Waals surface area contributed by atoms with E-state index < -0.39 is 35.5 Å². The lowest BCUT2D eigenvalue weighted by Gasteiger charge is -2.47. The SMILES string of the molecule is COc1ccc([C@]23CCN(C)[C@H]2CC2(OC[C@@H]([C@H]4OC(=O)C(O)=C4O)O2)[C@H]2CC23)cc1OC. The molecule has 4 fully saturated rings. The van der Waals surface area contributed by atoms with Crippen molar-refractivity contribution in [2.24, 2.45) is 11.8 Å². The van der Waals surface area contributed by atoms with Crippen LogP contribution in [0.5, 0.6) is 11.5 Å². The smallest absolute Gasteiger partial charge is 0.377 e. The van der Waals surface area contributed by atoms with Gasteiger partial charge in [-0.05, 0) is 50.0 Å². The minimum absolute atomic E-state index is 0.0326. The number of fused-ring (bicyclic) bond motifs is 4. The van der Waals surface area contributed by atoms with Gasteiger partial charge in [-0.2, -0.15) is 0 Å². The zero-order chi connectivity index (χ0) is 23.1. The molecule has 0 amide bonds. The average molecular weight is 459 g/mol. The lowest BCUT2D eigenvalue weighted by molar-refractivity contribution is -0.221. The van der Waals surface area contributed by atoms with Crippen LogP contribution < -0.4 is 9.47 Å². The topological polar surface area (TPSA) is 107 Å². The zero-order valence-electron chi connectivity index (χ0n) is 18.9. The highest BCUT2D eigenvalue weighted by Crippen LogP contribution is 2.69. The summed E-state index contributed by atoms with van der Waals surface area (Å²) < 4.78 is 28.9. The fourth-order valence-corrected chi connectivity index (χ4v) is 6.91. The van der Waals surface area contributed by atoms with Gasteiger partial charge in [0.1, 0.15) is 6.10 Å². The van der Waals surface area contributed by atoms with Gasteiger partial charge in [-0.3, -0.25) is 0 Å². The third-order valence-electron chi connectivity index (χ3n) is 8.54. The van der Waals surface area contributed by atoms with E-state index in [9.17, 15) is 15.0 Å². The molecule has 6 rings (SSSR count). The summed E-state index contributed by atoms with van der Waals surface area (Å²) in [7, 11) is 5.44. The summed E-state index contributed by atoms with van der Waals surface area (Å²) in [6, 6.07) is 6.45. The first kappa shape index (κ1) is 21.1. The van der Waals surface area contributed by atoms with Gasteiger partial charge in [-0.15, -0.1) is 0 Å². The Morgan fingerprint density at radius 2 is 1.94 bits per heavy atom. The molecule has 7 atom stereocenters. The average Bonchev–Trinajstić information content (AvgIpc) is 3.37. The molecule has 9 heteroatoms. The molecule has 9 nitrogen and oxygen atoms in total. The third-order valence-corrected chi connectivity index (χ3v) is 8.54. The summed E-state index contributed by atoms with van der Waals surface area (Å²) in [5.41, 5.74) is 1.22. The number of likely N-dealkylation sites (N-methyl/N-ethyl adjacent to an activating group) is 1. The van der Waals surface area contributed by atoms with E-state index in [-0.39, 0.29) is 24.0 Å². The second kappa shape index (κ2) is 7.01. The van der Waals surface area contributed by atoms with E-state index in [0.717, 1.165) is 25.1 Å². The van der Waals surface area contributed by atoms with Gasteiger partial charge in [0.25, 0.3) is 0 Å². The first-order chi connectivity index (χ1) is 15.8. The van der Waals surface area contributed by atoms with Gasteiger partial charge in [-0.1, -0.05) is 6.07 Å². The normalized spacial score (nSPS) is 41.8. The fourth-order valence-electron chi connectivity index (χ4n) is 6.91. The Hall–Kier alpha value is -2.49. The lowest BCUT2D eigenvalue weighted by Crippen LogP contribution is -2.55. The predicted molar refractivity (Wildman–Crippen MR) is 114 cm³/mol. The van der Waals surface area contributed by atoms with Crippen LogP contribution in [0.15, 0.2) is 29.7 Å². The molecule has 1 spiro atoms. The summed E-state index contributed by atoms with van der Waals surface area (Å²) in [4.78, 5) is 14.1. The highest BCUT2D eigenvalue weighted by molar-refractivity contribution is 5.89. The Bertz CT molecular complexity index is 1040. The Kier molecular flexibility index (Phi) is 4.47. The Balaban J connectivity index is 1.31. The highest BCUT2D eigenvalue weighted by Gasteiger charge is 2.73. The van der Waals surface area contributed by atoms with Crippen molar-refractivity contribution in [1.82, 2.24) is 4.90 Å². The van der Waals surface area contributed by atoms with Crippen LogP contribution in [0.25, 0.3) is 0 Å². The van der Waals surface area contributed by atoms with Crippen molar-refractivity contribution in [3.8, 4) is 11.5 Å². The number of carbonyl (C=O) groups excluding carboxylic acids is 1. The maximum Gasteiger partial charge on any atom is 0.377 e. The van der Waals surface area contributed by atoms with E-state index in [1.165, 1.54) is 5.56 Å². The number of carbonyl (C=O) groups is 1. The van der Waals surface area contributed by atoms with Crippen LogP contribution in [-0.2, 0) is 24.4 Å². The van der Waals surface area contributed by atoms with Gasteiger partial charge in [0.05, 0.1) is 20.8 Å². The Morgan fingerprint density at radius 3 is 2.64 bits per heavy atom. The van der Waals surface area contributed by atoms with Crippen molar-refractivity contribution in [2.45, 2.75) is 48.7 Å². The minimum Gasteiger partial charge on any atom is -0.505 e. The molecule has 2 unspecified atom stereocenters. The number of aliphatic hydroxyl groups is 2.